The topological polar surface area (TPSA) is 38.8 Å². The van der Waals surface area contributed by atoms with Gasteiger partial charge in [-0.25, -0.2) is 4.79 Å². The van der Waals surface area contributed by atoms with Crippen molar-refractivity contribution in [1.29, 1.82) is 0 Å². The summed E-state index contributed by atoms with van der Waals surface area (Å²) in [4.78, 5) is 13.4. The summed E-state index contributed by atoms with van der Waals surface area (Å²) < 4.78 is 10.7. The van der Waals surface area contributed by atoms with Gasteiger partial charge < -0.3 is 14.4 Å². The summed E-state index contributed by atoms with van der Waals surface area (Å²) in [5.74, 6) is 0. The first-order valence-electron chi connectivity index (χ1n) is 5.41. The Labute approximate surface area is 105 Å². The zero-order valence-corrected chi connectivity index (χ0v) is 12.0. The molecule has 0 bridgehead atoms. The fourth-order valence-corrected chi connectivity index (χ4v) is 2.39. The second-order valence-corrected chi connectivity index (χ2v) is 5.96. The van der Waals surface area contributed by atoms with Crippen LogP contribution in [0.1, 0.15) is 27.2 Å². The minimum atomic E-state index is -0.433. The van der Waals surface area contributed by atoms with Crippen molar-refractivity contribution in [3.8, 4) is 0 Å². The molecule has 1 saturated heterocycles. The van der Waals surface area contributed by atoms with E-state index in [1.54, 1.807) is 12.0 Å². The molecule has 94 valence electrons. The van der Waals surface area contributed by atoms with Gasteiger partial charge in [0, 0.05) is 12.4 Å². The Bertz CT molecular complexity index is 256. The van der Waals surface area contributed by atoms with Crippen LogP contribution in [0.25, 0.3) is 0 Å². The van der Waals surface area contributed by atoms with E-state index in [-0.39, 0.29) is 11.7 Å². The third-order valence-electron chi connectivity index (χ3n) is 2.59. The molecule has 1 fully saturated rings. The Hall–Kier alpha value is -0.290. The molecule has 0 atom stereocenters. The van der Waals surface area contributed by atoms with E-state index in [0.29, 0.717) is 13.1 Å². The highest BCUT2D eigenvalue weighted by atomic mass is 79.9. The molecule has 0 saturated carbocycles. The van der Waals surface area contributed by atoms with Crippen molar-refractivity contribution in [1.82, 2.24) is 4.90 Å². The molecule has 1 aliphatic rings. The number of nitrogens with zero attached hydrogens (tertiary/aromatic N) is 1. The third-order valence-corrected chi connectivity index (χ3v) is 2.99. The van der Waals surface area contributed by atoms with Gasteiger partial charge in [0.1, 0.15) is 11.2 Å². The van der Waals surface area contributed by atoms with E-state index in [1.807, 2.05) is 20.8 Å². The predicted molar refractivity (Wildman–Crippen MR) is 66.0 cm³/mol. The zero-order chi connectivity index (χ0) is 12.4. The molecule has 1 heterocycles. The largest absolute Gasteiger partial charge is 0.444 e. The lowest BCUT2D eigenvalue weighted by molar-refractivity contribution is -0.122. The molecule has 0 radical (unpaired) electrons. The van der Waals surface area contributed by atoms with Gasteiger partial charge in [0.05, 0.1) is 13.1 Å². The summed E-state index contributed by atoms with van der Waals surface area (Å²) in [6.07, 6.45) is 0.651. The van der Waals surface area contributed by atoms with Gasteiger partial charge >= 0.3 is 6.09 Å². The van der Waals surface area contributed by atoms with Gasteiger partial charge in [-0.3, -0.25) is 0 Å². The monoisotopic (exact) mass is 293 g/mol. The zero-order valence-electron chi connectivity index (χ0n) is 10.4. The molecule has 1 aliphatic heterocycles. The Morgan fingerprint density at radius 3 is 2.38 bits per heavy atom. The van der Waals surface area contributed by atoms with Crippen LogP contribution in [-0.4, -0.2) is 47.7 Å². The van der Waals surface area contributed by atoms with E-state index in [0.717, 1.165) is 11.8 Å². The molecule has 0 aromatic rings. The number of halogens is 1. The fourth-order valence-electron chi connectivity index (χ4n) is 1.67. The number of rotatable bonds is 3. The third kappa shape index (κ3) is 3.35. The van der Waals surface area contributed by atoms with Crippen LogP contribution in [0, 0.1) is 0 Å². The number of carbonyl (C=O) groups is 1. The van der Waals surface area contributed by atoms with Gasteiger partial charge in [0.2, 0.25) is 0 Å². The van der Waals surface area contributed by atoms with Crippen LogP contribution in [0.4, 0.5) is 4.79 Å². The van der Waals surface area contributed by atoms with E-state index in [9.17, 15) is 4.79 Å². The van der Waals surface area contributed by atoms with Gasteiger partial charge in [-0.1, -0.05) is 15.9 Å². The molecule has 0 aromatic carbocycles. The SMILES string of the molecule is COC1(CCBr)CN(C(=O)OC(C)(C)C)C1. The van der Waals surface area contributed by atoms with Crippen molar-refractivity contribution >= 4 is 22.0 Å². The maximum Gasteiger partial charge on any atom is 0.410 e. The maximum atomic E-state index is 11.7. The summed E-state index contributed by atoms with van der Waals surface area (Å²) in [6.45, 7) is 6.83. The minimum Gasteiger partial charge on any atom is -0.444 e. The van der Waals surface area contributed by atoms with E-state index in [2.05, 4.69) is 15.9 Å². The van der Waals surface area contributed by atoms with Crippen LogP contribution in [0.2, 0.25) is 0 Å². The lowest BCUT2D eigenvalue weighted by atomic mass is 9.91. The molecule has 0 aromatic heterocycles. The van der Waals surface area contributed by atoms with E-state index in [1.165, 1.54) is 0 Å². The van der Waals surface area contributed by atoms with Crippen LogP contribution in [0.15, 0.2) is 0 Å². The first-order valence-corrected chi connectivity index (χ1v) is 6.53. The Kier molecular flexibility index (Phi) is 4.23. The number of amides is 1. The predicted octanol–water partition coefficient (Wildman–Crippen LogP) is 2.41. The number of hydrogen-bond acceptors (Lipinski definition) is 3. The van der Waals surface area contributed by atoms with Crippen LogP contribution in [0.3, 0.4) is 0 Å². The Morgan fingerprint density at radius 1 is 1.44 bits per heavy atom. The number of ether oxygens (including phenoxy) is 2. The summed E-state index contributed by atoms with van der Waals surface area (Å²) in [5, 5.41) is 0.878. The molecular formula is C11H20BrNO3. The second kappa shape index (κ2) is 4.92. The summed E-state index contributed by atoms with van der Waals surface area (Å²) in [5.41, 5.74) is -0.613. The first kappa shape index (κ1) is 13.8. The molecule has 1 rings (SSSR count). The minimum absolute atomic E-state index is 0.180. The number of hydrogen-bond donors (Lipinski definition) is 0. The molecule has 16 heavy (non-hydrogen) atoms. The molecule has 0 unspecified atom stereocenters. The lowest BCUT2D eigenvalue weighted by Gasteiger charge is -2.48. The van der Waals surface area contributed by atoms with Gasteiger partial charge in [0.25, 0.3) is 0 Å². The van der Waals surface area contributed by atoms with Crippen molar-refractivity contribution in [2.75, 3.05) is 25.5 Å². The van der Waals surface area contributed by atoms with Crippen molar-refractivity contribution in [2.45, 2.75) is 38.4 Å². The van der Waals surface area contributed by atoms with Crippen molar-refractivity contribution in [3.63, 3.8) is 0 Å². The van der Waals surface area contributed by atoms with Gasteiger partial charge in [-0.15, -0.1) is 0 Å². The molecule has 5 heteroatoms. The molecule has 0 aliphatic carbocycles. The average molecular weight is 294 g/mol. The quantitative estimate of drug-likeness (QED) is 0.750. The fraction of sp³-hybridized carbons (Fsp3) is 0.909. The van der Waals surface area contributed by atoms with Crippen molar-refractivity contribution < 1.29 is 14.3 Å². The van der Waals surface area contributed by atoms with E-state index in [4.69, 9.17) is 9.47 Å². The average Bonchev–Trinajstić information content (AvgIpc) is 2.07. The number of carbonyl (C=O) groups excluding carboxylic acids is 1. The molecule has 1 amide bonds. The second-order valence-electron chi connectivity index (χ2n) is 5.16. The normalized spacial score (nSPS) is 19.2. The van der Waals surface area contributed by atoms with Crippen LogP contribution in [0.5, 0.6) is 0 Å². The number of likely N-dealkylation sites (tertiary alicyclic amines) is 1. The molecular weight excluding hydrogens is 274 g/mol. The molecule has 0 spiro atoms. The van der Waals surface area contributed by atoms with Crippen LogP contribution < -0.4 is 0 Å². The van der Waals surface area contributed by atoms with Gasteiger partial charge in [0.15, 0.2) is 0 Å². The summed E-state index contributed by atoms with van der Waals surface area (Å²) >= 11 is 3.39. The lowest BCUT2D eigenvalue weighted by Crippen LogP contribution is -2.65. The highest BCUT2D eigenvalue weighted by Gasteiger charge is 2.46. The highest BCUT2D eigenvalue weighted by Crippen LogP contribution is 2.30. The van der Waals surface area contributed by atoms with Crippen molar-refractivity contribution in [3.05, 3.63) is 0 Å². The molecule has 4 nitrogen and oxygen atoms in total. The van der Waals surface area contributed by atoms with Crippen LogP contribution in [-0.2, 0) is 9.47 Å². The summed E-state index contributed by atoms with van der Waals surface area (Å²) in [6, 6.07) is 0. The molecule has 0 N–H and O–H groups in total. The smallest absolute Gasteiger partial charge is 0.410 e. The highest BCUT2D eigenvalue weighted by molar-refractivity contribution is 9.09. The van der Waals surface area contributed by atoms with Crippen LogP contribution >= 0.6 is 15.9 Å². The Balaban J connectivity index is 2.42. The number of alkyl halides is 1. The van der Waals surface area contributed by atoms with Gasteiger partial charge in [-0.05, 0) is 27.2 Å². The van der Waals surface area contributed by atoms with E-state index < -0.39 is 5.60 Å². The number of methoxy groups -OCH3 is 1. The van der Waals surface area contributed by atoms with Crippen molar-refractivity contribution in [2.24, 2.45) is 0 Å². The van der Waals surface area contributed by atoms with Gasteiger partial charge in [-0.2, -0.15) is 0 Å². The first-order chi connectivity index (χ1) is 7.32. The maximum absolute atomic E-state index is 11.7. The standard InChI is InChI=1S/C11H20BrNO3/c1-10(2,3)16-9(14)13-7-11(8-13,15-4)5-6-12/h5-8H2,1-4H3. The summed E-state index contributed by atoms with van der Waals surface area (Å²) in [7, 11) is 1.69. The Morgan fingerprint density at radius 2 is 2.00 bits per heavy atom. The van der Waals surface area contributed by atoms with E-state index >= 15 is 0 Å².